The summed E-state index contributed by atoms with van der Waals surface area (Å²) in [5.74, 6) is 0.145. The van der Waals surface area contributed by atoms with Crippen LogP contribution < -0.4 is 15.0 Å². The maximum absolute atomic E-state index is 13.0. The Bertz CT molecular complexity index is 1250. The molecule has 0 fully saturated rings. The molecule has 0 aliphatic carbocycles. The van der Waals surface area contributed by atoms with E-state index in [-0.39, 0.29) is 17.2 Å². The number of nitro groups is 1. The van der Waals surface area contributed by atoms with E-state index >= 15 is 0 Å². The third kappa shape index (κ3) is 3.71. The number of fused-ring (bicyclic) bond motifs is 2. The van der Waals surface area contributed by atoms with Crippen molar-refractivity contribution in [1.29, 1.82) is 0 Å². The van der Waals surface area contributed by atoms with Crippen LogP contribution in [0.5, 0.6) is 11.5 Å². The van der Waals surface area contributed by atoms with E-state index in [4.69, 9.17) is 4.74 Å². The minimum atomic E-state index is -0.528. The van der Waals surface area contributed by atoms with E-state index in [0.717, 1.165) is 5.56 Å². The van der Waals surface area contributed by atoms with E-state index in [1.807, 2.05) is 25.1 Å². The number of aryl methyl sites for hydroxylation is 2. The minimum Gasteiger partial charge on any atom is -0.454 e. The Hall–Kier alpha value is -4.20. The smallest absolute Gasteiger partial charge is 0.273 e. The molecule has 3 aromatic rings. The van der Waals surface area contributed by atoms with Gasteiger partial charge in [-0.15, -0.1) is 0 Å². The molecule has 1 aliphatic heterocycles. The first-order valence-corrected chi connectivity index (χ1v) is 9.51. The highest BCUT2D eigenvalue weighted by atomic mass is 16.6. The van der Waals surface area contributed by atoms with Gasteiger partial charge in [0, 0.05) is 29.9 Å². The summed E-state index contributed by atoms with van der Waals surface area (Å²) in [6.45, 7) is 3.54. The maximum atomic E-state index is 13.0. The van der Waals surface area contributed by atoms with Crippen LogP contribution in [0.15, 0.2) is 54.6 Å². The summed E-state index contributed by atoms with van der Waals surface area (Å²) in [6.07, 6.45) is 0. The van der Waals surface area contributed by atoms with Gasteiger partial charge in [-0.1, -0.05) is 12.1 Å². The van der Waals surface area contributed by atoms with Crippen LogP contribution in [0.1, 0.15) is 31.8 Å². The predicted molar refractivity (Wildman–Crippen MR) is 116 cm³/mol. The van der Waals surface area contributed by atoms with Crippen molar-refractivity contribution in [2.45, 2.75) is 13.8 Å². The van der Waals surface area contributed by atoms with E-state index in [0.29, 0.717) is 34.0 Å². The molecule has 0 saturated carbocycles. The van der Waals surface area contributed by atoms with Crippen molar-refractivity contribution >= 4 is 28.9 Å². The van der Waals surface area contributed by atoms with Crippen LogP contribution in [-0.4, -0.2) is 23.8 Å². The van der Waals surface area contributed by atoms with Gasteiger partial charge in [-0.25, -0.2) is 0 Å². The van der Waals surface area contributed by atoms with Crippen molar-refractivity contribution in [2.75, 3.05) is 17.3 Å². The maximum Gasteiger partial charge on any atom is 0.273 e. The third-order valence-electron chi connectivity index (χ3n) is 5.14. The largest absolute Gasteiger partial charge is 0.454 e. The number of nitrogens with zero attached hydrogens (tertiary/aromatic N) is 2. The molecule has 31 heavy (non-hydrogen) atoms. The molecule has 0 radical (unpaired) electrons. The molecule has 0 spiro atoms. The first kappa shape index (κ1) is 20.1. The molecule has 1 N–H and O–H groups in total. The van der Waals surface area contributed by atoms with Crippen LogP contribution in [0.25, 0.3) is 0 Å². The molecular weight excluding hydrogens is 398 g/mol. The lowest BCUT2D eigenvalue weighted by molar-refractivity contribution is -0.385. The van der Waals surface area contributed by atoms with Crippen LogP contribution in [0.4, 0.5) is 17.1 Å². The lowest BCUT2D eigenvalue weighted by atomic mass is 10.1. The molecule has 2 amide bonds. The number of carbonyl (C=O) groups excluding carboxylic acids is 2. The number of nitro benzene ring substituents is 1. The Balaban J connectivity index is 1.65. The lowest BCUT2D eigenvalue weighted by Crippen LogP contribution is -2.25. The van der Waals surface area contributed by atoms with Crippen LogP contribution in [0, 0.1) is 24.0 Å². The second-order valence-corrected chi connectivity index (χ2v) is 7.36. The number of nitrogens with one attached hydrogen (secondary N) is 1. The summed E-state index contributed by atoms with van der Waals surface area (Å²) in [5.41, 5.74) is 2.80. The van der Waals surface area contributed by atoms with Crippen molar-refractivity contribution in [3.05, 3.63) is 87.0 Å². The molecule has 0 bridgehead atoms. The molecule has 8 nitrogen and oxygen atoms in total. The average Bonchev–Trinajstić information content (AvgIpc) is 2.83. The zero-order valence-electron chi connectivity index (χ0n) is 17.1. The topological polar surface area (TPSA) is 102 Å². The lowest BCUT2D eigenvalue weighted by Gasteiger charge is -2.16. The monoisotopic (exact) mass is 417 g/mol. The standard InChI is InChI=1S/C23H19N3O5/c1-13-4-8-21-19(10-13)25(3)23(28)17-12-16(7-9-20(17)31-21)24-22(27)15-6-5-14(2)18(11-15)26(29)30/h4-12H,1-3H3,(H,24,27). The Kier molecular flexibility index (Phi) is 4.90. The van der Waals surface area contributed by atoms with Crippen molar-refractivity contribution < 1.29 is 19.2 Å². The van der Waals surface area contributed by atoms with Gasteiger partial charge in [0.1, 0.15) is 5.75 Å². The first-order chi connectivity index (χ1) is 14.7. The Morgan fingerprint density at radius 2 is 1.77 bits per heavy atom. The number of rotatable bonds is 3. The highest BCUT2D eigenvalue weighted by Crippen LogP contribution is 2.39. The van der Waals surface area contributed by atoms with Crippen LogP contribution >= 0.6 is 0 Å². The van der Waals surface area contributed by atoms with Crippen molar-refractivity contribution in [1.82, 2.24) is 0 Å². The van der Waals surface area contributed by atoms with Gasteiger partial charge in [0.15, 0.2) is 5.75 Å². The van der Waals surface area contributed by atoms with Gasteiger partial charge in [0.05, 0.1) is 16.2 Å². The van der Waals surface area contributed by atoms with Gasteiger partial charge in [-0.2, -0.15) is 0 Å². The first-order valence-electron chi connectivity index (χ1n) is 9.51. The van der Waals surface area contributed by atoms with E-state index in [9.17, 15) is 19.7 Å². The Labute approximate surface area is 178 Å². The van der Waals surface area contributed by atoms with E-state index in [1.165, 1.54) is 29.2 Å². The number of ether oxygens (including phenoxy) is 1. The number of benzene rings is 3. The zero-order valence-corrected chi connectivity index (χ0v) is 17.1. The second kappa shape index (κ2) is 7.56. The summed E-state index contributed by atoms with van der Waals surface area (Å²) in [7, 11) is 1.66. The molecule has 0 unspecified atom stereocenters. The second-order valence-electron chi connectivity index (χ2n) is 7.36. The third-order valence-corrected chi connectivity index (χ3v) is 5.14. The molecule has 156 valence electrons. The van der Waals surface area contributed by atoms with E-state index < -0.39 is 10.8 Å². The summed E-state index contributed by atoms with van der Waals surface area (Å²) in [5, 5.41) is 13.8. The van der Waals surface area contributed by atoms with Gasteiger partial charge in [0.2, 0.25) is 0 Å². The molecule has 0 atom stereocenters. The van der Waals surface area contributed by atoms with Crippen LogP contribution in [0.3, 0.4) is 0 Å². The van der Waals surface area contributed by atoms with Gasteiger partial charge in [-0.05, 0) is 55.8 Å². The van der Waals surface area contributed by atoms with Gasteiger partial charge >= 0.3 is 0 Å². The normalized spacial score (nSPS) is 12.4. The summed E-state index contributed by atoms with van der Waals surface area (Å²) < 4.78 is 5.95. The van der Waals surface area contributed by atoms with Gasteiger partial charge < -0.3 is 15.0 Å². The fraction of sp³-hybridized carbons (Fsp3) is 0.130. The van der Waals surface area contributed by atoms with Crippen molar-refractivity contribution in [3.63, 3.8) is 0 Å². The van der Waals surface area contributed by atoms with Gasteiger partial charge in [0.25, 0.3) is 17.5 Å². The highest BCUT2D eigenvalue weighted by Gasteiger charge is 2.26. The number of anilines is 2. The number of hydrogen-bond acceptors (Lipinski definition) is 5. The summed E-state index contributed by atoms with van der Waals surface area (Å²) in [4.78, 5) is 37.8. The fourth-order valence-corrected chi connectivity index (χ4v) is 3.40. The molecule has 0 aromatic heterocycles. The van der Waals surface area contributed by atoms with Crippen molar-refractivity contribution in [3.8, 4) is 11.5 Å². The van der Waals surface area contributed by atoms with Gasteiger partial charge in [-0.3, -0.25) is 19.7 Å². The summed E-state index contributed by atoms with van der Waals surface area (Å²) >= 11 is 0. The molecule has 1 heterocycles. The Morgan fingerprint density at radius 1 is 1.03 bits per heavy atom. The highest BCUT2D eigenvalue weighted by molar-refractivity contribution is 6.11. The van der Waals surface area contributed by atoms with E-state index in [1.54, 1.807) is 26.1 Å². The molecule has 1 aliphatic rings. The molecule has 4 rings (SSSR count). The van der Waals surface area contributed by atoms with Crippen LogP contribution in [0.2, 0.25) is 0 Å². The molecule has 0 saturated heterocycles. The van der Waals surface area contributed by atoms with E-state index in [2.05, 4.69) is 5.32 Å². The molecular formula is C23H19N3O5. The zero-order chi connectivity index (χ0) is 22.3. The Morgan fingerprint density at radius 3 is 2.52 bits per heavy atom. The summed E-state index contributed by atoms with van der Waals surface area (Å²) in [6, 6.07) is 14.6. The molecule has 8 heteroatoms. The number of amides is 2. The number of hydrogen-bond donors (Lipinski definition) is 1. The SMILES string of the molecule is Cc1ccc2c(c1)N(C)C(=O)c1cc(NC(=O)c3ccc(C)c([N+](=O)[O-])c3)ccc1O2. The fourth-order valence-electron chi connectivity index (χ4n) is 3.40. The predicted octanol–water partition coefficient (Wildman–Crippen LogP) is 4.85. The van der Waals surface area contributed by atoms with Crippen molar-refractivity contribution in [2.24, 2.45) is 0 Å². The minimum absolute atomic E-state index is 0.132. The quantitative estimate of drug-likeness (QED) is 0.485. The van der Waals surface area contributed by atoms with Crippen LogP contribution in [-0.2, 0) is 0 Å². The number of carbonyl (C=O) groups is 2. The average molecular weight is 417 g/mol. The molecule has 3 aromatic carbocycles.